The van der Waals surface area contributed by atoms with Crippen LogP contribution in [-0.2, 0) is 24.2 Å². The standard InChI is InChI=1S/C26H31Cl2NO6S/c1-5-21(16(4)36(33,34)15(2)3)29-24(17-9-11-19(27)12-10-17)25(18-7-6-8-20(28)13-18)35-22(26(29)32)14-23(30)31/h6-13,15-16,21-22,24-25H,5,14H2,1-4H3,(H,30,31)/t16-,21-,22+,24+,25+/m0/s1. The number of hydrogen-bond donors (Lipinski definition) is 1. The molecule has 1 amide bonds. The summed E-state index contributed by atoms with van der Waals surface area (Å²) in [6.07, 6.45) is -2.31. The number of carboxylic acids is 1. The summed E-state index contributed by atoms with van der Waals surface area (Å²) in [6.45, 7) is 6.64. The zero-order valence-corrected chi connectivity index (χ0v) is 22.9. The number of hydrogen-bond acceptors (Lipinski definition) is 5. The van der Waals surface area contributed by atoms with Crippen molar-refractivity contribution in [2.75, 3.05) is 0 Å². The SMILES string of the molecule is CC[C@@H]([C@H](C)S(=O)(=O)C(C)C)N1C(=O)[C@@H](CC(=O)O)O[C@H](c2cccc(Cl)c2)[C@H]1c1ccc(Cl)cc1. The first-order valence-corrected chi connectivity index (χ1v) is 14.2. The summed E-state index contributed by atoms with van der Waals surface area (Å²) in [5.74, 6) is -1.76. The fourth-order valence-electron chi connectivity index (χ4n) is 4.77. The lowest BCUT2D eigenvalue weighted by molar-refractivity contribution is -0.183. The van der Waals surface area contributed by atoms with Gasteiger partial charge in [-0.3, -0.25) is 9.59 Å². The maximum Gasteiger partial charge on any atom is 0.306 e. The molecule has 10 heteroatoms. The Balaban J connectivity index is 2.25. The molecule has 2 aromatic rings. The third kappa shape index (κ3) is 5.88. The predicted molar refractivity (Wildman–Crippen MR) is 140 cm³/mol. The first-order chi connectivity index (χ1) is 16.9. The van der Waals surface area contributed by atoms with Gasteiger partial charge < -0.3 is 14.7 Å². The van der Waals surface area contributed by atoms with Crippen LogP contribution in [0.15, 0.2) is 48.5 Å². The number of ether oxygens (including phenoxy) is 1. The average Bonchev–Trinajstić information content (AvgIpc) is 2.81. The molecule has 7 nitrogen and oxygen atoms in total. The van der Waals surface area contributed by atoms with Gasteiger partial charge in [0.1, 0.15) is 12.2 Å². The maximum atomic E-state index is 13.8. The van der Waals surface area contributed by atoms with Crippen molar-refractivity contribution in [2.45, 2.75) is 75.3 Å². The normalized spacial score (nSPS) is 22.5. The Morgan fingerprint density at radius 3 is 2.22 bits per heavy atom. The van der Waals surface area contributed by atoms with E-state index < -0.39 is 62.9 Å². The van der Waals surface area contributed by atoms with Gasteiger partial charge in [-0.2, -0.15) is 0 Å². The van der Waals surface area contributed by atoms with Gasteiger partial charge in [-0.15, -0.1) is 0 Å². The van der Waals surface area contributed by atoms with Crippen molar-refractivity contribution in [2.24, 2.45) is 0 Å². The second kappa shape index (κ2) is 11.5. The van der Waals surface area contributed by atoms with E-state index in [9.17, 15) is 23.1 Å². The summed E-state index contributed by atoms with van der Waals surface area (Å²) < 4.78 is 32.6. The van der Waals surface area contributed by atoms with Crippen molar-refractivity contribution in [3.63, 3.8) is 0 Å². The van der Waals surface area contributed by atoms with Gasteiger partial charge in [0.25, 0.3) is 5.91 Å². The van der Waals surface area contributed by atoms with Crippen LogP contribution in [0.3, 0.4) is 0 Å². The molecule has 0 saturated carbocycles. The number of rotatable bonds is 9. The number of halogens is 2. The lowest BCUT2D eigenvalue weighted by Gasteiger charge is -2.49. The smallest absolute Gasteiger partial charge is 0.306 e. The summed E-state index contributed by atoms with van der Waals surface area (Å²) >= 11 is 12.4. The van der Waals surface area contributed by atoms with Crippen molar-refractivity contribution in [1.29, 1.82) is 0 Å². The third-order valence-corrected chi connectivity index (χ3v) is 9.82. The van der Waals surface area contributed by atoms with E-state index in [1.165, 1.54) is 4.90 Å². The summed E-state index contributed by atoms with van der Waals surface area (Å²) in [5.41, 5.74) is 1.32. The van der Waals surface area contributed by atoms with Crippen LogP contribution < -0.4 is 0 Å². The van der Waals surface area contributed by atoms with Crippen LogP contribution in [0.1, 0.15) is 63.8 Å². The van der Waals surface area contributed by atoms with Gasteiger partial charge in [0.2, 0.25) is 0 Å². The van der Waals surface area contributed by atoms with Crippen LogP contribution in [0.4, 0.5) is 0 Å². The highest BCUT2D eigenvalue weighted by Crippen LogP contribution is 2.45. The Morgan fingerprint density at radius 1 is 1.06 bits per heavy atom. The number of aliphatic carboxylic acids is 1. The molecule has 2 aromatic carbocycles. The van der Waals surface area contributed by atoms with Gasteiger partial charge in [-0.05, 0) is 62.6 Å². The van der Waals surface area contributed by atoms with E-state index in [4.69, 9.17) is 27.9 Å². The molecule has 5 atom stereocenters. The minimum absolute atomic E-state index is 0.338. The summed E-state index contributed by atoms with van der Waals surface area (Å²) in [4.78, 5) is 27.0. The van der Waals surface area contributed by atoms with Crippen LogP contribution in [-0.4, -0.2) is 52.9 Å². The first kappa shape index (κ1) is 28.4. The monoisotopic (exact) mass is 555 g/mol. The van der Waals surface area contributed by atoms with Gasteiger partial charge in [-0.1, -0.05) is 54.4 Å². The molecule has 0 unspecified atom stereocenters. The lowest BCUT2D eigenvalue weighted by Crippen LogP contribution is -2.59. The molecule has 0 spiro atoms. The number of sulfone groups is 1. The van der Waals surface area contributed by atoms with E-state index in [-0.39, 0.29) is 0 Å². The van der Waals surface area contributed by atoms with Crippen LogP contribution in [0.5, 0.6) is 0 Å². The molecule has 3 rings (SSSR count). The van der Waals surface area contributed by atoms with Gasteiger partial charge in [-0.25, -0.2) is 8.42 Å². The highest BCUT2D eigenvalue weighted by Gasteiger charge is 2.49. The van der Waals surface area contributed by atoms with Gasteiger partial charge in [0, 0.05) is 16.1 Å². The third-order valence-electron chi connectivity index (χ3n) is 6.67. The maximum absolute atomic E-state index is 13.8. The number of morpholine rings is 1. The number of benzene rings is 2. The summed E-state index contributed by atoms with van der Waals surface area (Å²) in [5, 5.41) is 8.91. The summed E-state index contributed by atoms with van der Waals surface area (Å²) in [6, 6.07) is 12.4. The molecule has 1 N–H and O–H groups in total. The topological polar surface area (TPSA) is 101 Å². The Morgan fingerprint density at radius 2 is 1.69 bits per heavy atom. The molecule has 1 saturated heterocycles. The van der Waals surface area contributed by atoms with E-state index in [1.54, 1.807) is 69.3 Å². The molecule has 36 heavy (non-hydrogen) atoms. The van der Waals surface area contributed by atoms with E-state index in [0.717, 1.165) is 0 Å². The Labute approximate surface area is 222 Å². The molecule has 1 aliphatic rings. The highest BCUT2D eigenvalue weighted by molar-refractivity contribution is 7.92. The number of nitrogens with zero attached hydrogens (tertiary/aromatic N) is 1. The largest absolute Gasteiger partial charge is 0.481 e. The number of carbonyl (C=O) groups excluding carboxylic acids is 1. The minimum atomic E-state index is -3.60. The lowest BCUT2D eigenvalue weighted by atomic mass is 9.89. The van der Waals surface area contributed by atoms with Crippen molar-refractivity contribution in [3.8, 4) is 0 Å². The fourth-order valence-corrected chi connectivity index (χ4v) is 6.71. The van der Waals surface area contributed by atoms with Crippen LogP contribution in [0.2, 0.25) is 10.0 Å². The van der Waals surface area contributed by atoms with E-state index in [0.29, 0.717) is 27.6 Å². The van der Waals surface area contributed by atoms with E-state index >= 15 is 0 Å². The molecule has 1 heterocycles. The Hall–Kier alpha value is -2.13. The highest BCUT2D eigenvalue weighted by atomic mass is 35.5. The fraction of sp³-hybridized carbons (Fsp3) is 0.462. The van der Waals surface area contributed by atoms with Gasteiger partial charge in [0.05, 0.1) is 23.0 Å². The van der Waals surface area contributed by atoms with Crippen molar-refractivity contribution >= 4 is 44.9 Å². The van der Waals surface area contributed by atoms with Crippen molar-refractivity contribution < 1.29 is 27.9 Å². The van der Waals surface area contributed by atoms with Crippen molar-refractivity contribution in [3.05, 3.63) is 69.7 Å². The molecular weight excluding hydrogens is 525 g/mol. The minimum Gasteiger partial charge on any atom is -0.481 e. The molecule has 0 aliphatic carbocycles. The molecule has 1 fully saturated rings. The number of amides is 1. The number of carboxylic acid groups (broad SMARTS) is 1. The molecule has 0 radical (unpaired) electrons. The van der Waals surface area contributed by atoms with E-state index in [1.807, 2.05) is 6.92 Å². The first-order valence-electron chi connectivity index (χ1n) is 11.8. The quantitative estimate of drug-likeness (QED) is 0.440. The molecular formula is C26H31Cl2NO6S. The zero-order chi connectivity index (χ0) is 26.8. The molecule has 1 aliphatic heterocycles. The Kier molecular flexibility index (Phi) is 9.09. The predicted octanol–water partition coefficient (Wildman–Crippen LogP) is 5.47. The molecule has 0 aromatic heterocycles. The van der Waals surface area contributed by atoms with Crippen LogP contribution in [0.25, 0.3) is 0 Å². The molecule has 196 valence electrons. The Bertz CT molecular complexity index is 1200. The van der Waals surface area contributed by atoms with E-state index in [2.05, 4.69) is 0 Å². The number of carbonyl (C=O) groups is 2. The average molecular weight is 557 g/mol. The second-order valence-corrected chi connectivity index (χ2v) is 13.0. The van der Waals surface area contributed by atoms with Crippen LogP contribution in [0, 0.1) is 0 Å². The van der Waals surface area contributed by atoms with Gasteiger partial charge in [0.15, 0.2) is 9.84 Å². The summed E-state index contributed by atoms with van der Waals surface area (Å²) in [7, 11) is -3.60. The van der Waals surface area contributed by atoms with Crippen LogP contribution >= 0.6 is 23.2 Å². The molecule has 0 bridgehead atoms. The zero-order valence-electron chi connectivity index (χ0n) is 20.6. The van der Waals surface area contributed by atoms with Gasteiger partial charge >= 0.3 is 5.97 Å². The second-order valence-electron chi connectivity index (χ2n) is 9.26. The van der Waals surface area contributed by atoms with Crippen molar-refractivity contribution in [1.82, 2.24) is 4.90 Å².